The van der Waals surface area contributed by atoms with Gasteiger partial charge in [-0.3, -0.25) is 4.79 Å². The zero-order chi connectivity index (χ0) is 14.4. The van der Waals surface area contributed by atoms with Crippen LogP contribution in [0.25, 0.3) is 0 Å². The van der Waals surface area contributed by atoms with Crippen LogP contribution in [-0.2, 0) is 4.79 Å². The number of amides is 1. The van der Waals surface area contributed by atoms with Crippen LogP contribution >= 0.6 is 0 Å². The molecular weight excluding hydrogens is 236 g/mol. The Morgan fingerprint density at radius 1 is 1.26 bits per heavy atom. The van der Waals surface area contributed by atoms with E-state index in [1.54, 1.807) is 0 Å². The first kappa shape index (κ1) is 14.1. The summed E-state index contributed by atoms with van der Waals surface area (Å²) in [6, 6.07) is 7.74. The largest absolute Gasteiger partial charge is 0.326 e. The molecule has 2 rings (SSSR count). The summed E-state index contributed by atoms with van der Waals surface area (Å²) in [6.07, 6.45) is 0. The number of carbonyl (C=O) groups is 1. The van der Waals surface area contributed by atoms with Crippen LogP contribution in [0.15, 0.2) is 24.3 Å². The van der Waals surface area contributed by atoms with Crippen molar-refractivity contribution in [3.05, 3.63) is 29.8 Å². The summed E-state index contributed by atoms with van der Waals surface area (Å²) < 4.78 is 0. The van der Waals surface area contributed by atoms with Crippen molar-refractivity contribution in [2.24, 2.45) is 22.5 Å². The quantitative estimate of drug-likeness (QED) is 0.876. The molecule has 0 aliphatic heterocycles. The molecule has 1 fully saturated rings. The Balaban J connectivity index is 2.11. The van der Waals surface area contributed by atoms with Crippen molar-refractivity contribution in [2.45, 2.75) is 40.7 Å². The number of benzene rings is 1. The van der Waals surface area contributed by atoms with Crippen molar-refractivity contribution in [1.82, 2.24) is 0 Å². The fraction of sp³-hybridized carbons (Fsp3) is 0.562. The van der Waals surface area contributed by atoms with E-state index in [1.807, 2.05) is 31.2 Å². The number of hydrogen-bond donors (Lipinski definition) is 2. The van der Waals surface area contributed by atoms with Gasteiger partial charge in [-0.1, -0.05) is 39.8 Å². The van der Waals surface area contributed by atoms with Crippen LogP contribution in [0, 0.1) is 16.7 Å². The van der Waals surface area contributed by atoms with Crippen molar-refractivity contribution in [2.75, 3.05) is 5.32 Å². The highest BCUT2D eigenvalue weighted by Gasteiger charge is 2.68. The first-order valence-electron chi connectivity index (χ1n) is 6.84. The summed E-state index contributed by atoms with van der Waals surface area (Å²) in [5.41, 5.74) is 7.86. The maximum absolute atomic E-state index is 12.3. The predicted octanol–water partition coefficient (Wildman–Crippen LogP) is 3.33. The molecule has 0 spiro atoms. The zero-order valence-corrected chi connectivity index (χ0v) is 12.4. The molecule has 3 nitrogen and oxygen atoms in total. The van der Waals surface area contributed by atoms with E-state index < -0.39 is 0 Å². The van der Waals surface area contributed by atoms with E-state index in [0.29, 0.717) is 0 Å². The molecule has 19 heavy (non-hydrogen) atoms. The van der Waals surface area contributed by atoms with Gasteiger partial charge < -0.3 is 11.1 Å². The number of nitrogens with one attached hydrogen (secondary N) is 1. The lowest BCUT2D eigenvalue weighted by Crippen LogP contribution is -2.18. The highest BCUT2D eigenvalue weighted by atomic mass is 16.2. The molecule has 0 saturated heterocycles. The number of anilines is 1. The molecule has 1 amide bonds. The molecule has 0 heterocycles. The van der Waals surface area contributed by atoms with Crippen LogP contribution in [0.2, 0.25) is 0 Å². The fourth-order valence-electron chi connectivity index (χ4n) is 2.97. The zero-order valence-electron chi connectivity index (χ0n) is 12.4. The first-order chi connectivity index (χ1) is 8.68. The molecule has 1 aliphatic rings. The van der Waals surface area contributed by atoms with Crippen LogP contribution < -0.4 is 11.1 Å². The Labute approximate surface area is 115 Å². The van der Waals surface area contributed by atoms with Gasteiger partial charge in [0.15, 0.2) is 0 Å². The maximum Gasteiger partial charge on any atom is 0.228 e. The molecule has 1 aromatic carbocycles. The number of carbonyl (C=O) groups excluding carboxylic acids is 1. The molecule has 0 bridgehead atoms. The normalized spacial score (nSPS) is 21.8. The van der Waals surface area contributed by atoms with E-state index in [-0.39, 0.29) is 28.7 Å². The van der Waals surface area contributed by atoms with Crippen LogP contribution in [-0.4, -0.2) is 5.91 Å². The lowest BCUT2D eigenvalue weighted by Gasteiger charge is -2.10. The second-order valence-electron chi connectivity index (χ2n) is 6.78. The second kappa shape index (κ2) is 4.34. The van der Waals surface area contributed by atoms with Gasteiger partial charge in [0.1, 0.15) is 0 Å². The molecule has 1 atom stereocenters. The van der Waals surface area contributed by atoms with Gasteiger partial charge in [-0.2, -0.15) is 0 Å². The average Bonchev–Trinajstić information content (AvgIpc) is 2.69. The highest BCUT2D eigenvalue weighted by molar-refractivity contribution is 5.96. The third-order valence-corrected chi connectivity index (χ3v) is 4.96. The lowest BCUT2D eigenvalue weighted by molar-refractivity contribution is -0.118. The molecule has 104 valence electrons. The molecular formula is C16H24N2O. The number of hydrogen-bond acceptors (Lipinski definition) is 2. The van der Waals surface area contributed by atoms with Gasteiger partial charge in [0.25, 0.3) is 0 Å². The van der Waals surface area contributed by atoms with E-state index in [1.165, 1.54) is 0 Å². The maximum atomic E-state index is 12.3. The Morgan fingerprint density at radius 3 is 2.32 bits per heavy atom. The number of rotatable bonds is 3. The van der Waals surface area contributed by atoms with Crippen molar-refractivity contribution in [3.8, 4) is 0 Å². The predicted molar refractivity (Wildman–Crippen MR) is 78.7 cm³/mol. The summed E-state index contributed by atoms with van der Waals surface area (Å²) >= 11 is 0. The summed E-state index contributed by atoms with van der Waals surface area (Å²) in [7, 11) is 0. The minimum Gasteiger partial charge on any atom is -0.326 e. The Bertz CT molecular complexity index is 489. The third kappa shape index (κ3) is 2.27. The van der Waals surface area contributed by atoms with Gasteiger partial charge in [0.2, 0.25) is 5.91 Å². The summed E-state index contributed by atoms with van der Waals surface area (Å²) in [5, 5.41) is 3.02. The van der Waals surface area contributed by atoms with Crippen LogP contribution in [0.1, 0.15) is 46.2 Å². The molecule has 0 radical (unpaired) electrons. The van der Waals surface area contributed by atoms with Crippen LogP contribution in [0.3, 0.4) is 0 Å². The van der Waals surface area contributed by atoms with Gasteiger partial charge in [-0.15, -0.1) is 0 Å². The summed E-state index contributed by atoms with van der Waals surface area (Å²) in [4.78, 5) is 12.3. The molecule has 1 saturated carbocycles. The van der Waals surface area contributed by atoms with Crippen molar-refractivity contribution in [1.29, 1.82) is 0 Å². The minimum atomic E-state index is -0.0225. The summed E-state index contributed by atoms with van der Waals surface area (Å²) in [5.74, 6) is 0.177. The smallest absolute Gasteiger partial charge is 0.228 e. The van der Waals surface area contributed by atoms with Crippen LogP contribution in [0.5, 0.6) is 0 Å². The first-order valence-corrected chi connectivity index (χ1v) is 6.84. The van der Waals surface area contributed by atoms with E-state index in [4.69, 9.17) is 5.73 Å². The van der Waals surface area contributed by atoms with E-state index >= 15 is 0 Å². The van der Waals surface area contributed by atoms with E-state index in [9.17, 15) is 4.79 Å². The average molecular weight is 260 g/mol. The molecule has 1 aliphatic carbocycles. The highest BCUT2D eigenvalue weighted by Crippen LogP contribution is 2.68. The number of nitrogens with two attached hydrogens (primary N) is 1. The Hall–Kier alpha value is -1.35. The Kier molecular flexibility index (Phi) is 3.21. The molecule has 1 unspecified atom stereocenters. The topological polar surface area (TPSA) is 55.1 Å². The SMILES string of the molecule is CC(N)c1cccc(NC(=O)C2C(C)(C)C2(C)C)c1. The van der Waals surface area contributed by atoms with Crippen molar-refractivity contribution in [3.63, 3.8) is 0 Å². The van der Waals surface area contributed by atoms with Gasteiger partial charge in [0.05, 0.1) is 0 Å². The molecule has 3 heteroatoms. The van der Waals surface area contributed by atoms with E-state index in [2.05, 4.69) is 33.0 Å². The third-order valence-electron chi connectivity index (χ3n) is 4.96. The standard InChI is InChI=1S/C16H24N2O/c1-10(17)11-7-6-8-12(9-11)18-14(19)13-15(2,3)16(13,4)5/h6-10,13H,17H2,1-5H3,(H,18,19). The van der Waals surface area contributed by atoms with Gasteiger partial charge >= 0.3 is 0 Å². The molecule has 1 aromatic rings. The molecule has 0 aromatic heterocycles. The van der Waals surface area contributed by atoms with Crippen LogP contribution in [0.4, 0.5) is 5.69 Å². The van der Waals surface area contributed by atoms with Gasteiger partial charge in [-0.05, 0) is 35.4 Å². The monoisotopic (exact) mass is 260 g/mol. The lowest BCUT2D eigenvalue weighted by atomic mass is 10.0. The second-order valence-corrected chi connectivity index (χ2v) is 6.78. The Morgan fingerprint density at radius 2 is 1.84 bits per heavy atom. The summed E-state index contributed by atoms with van der Waals surface area (Å²) in [6.45, 7) is 10.5. The van der Waals surface area contributed by atoms with Gasteiger partial charge in [-0.25, -0.2) is 0 Å². The van der Waals surface area contributed by atoms with Crippen molar-refractivity contribution >= 4 is 11.6 Å². The minimum absolute atomic E-state index is 0.0225. The molecule has 3 N–H and O–H groups in total. The van der Waals surface area contributed by atoms with Crippen molar-refractivity contribution < 1.29 is 4.79 Å². The fourth-order valence-corrected chi connectivity index (χ4v) is 2.97. The van der Waals surface area contributed by atoms with E-state index in [0.717, 1.165) is 11.3 Å². The van der Waals surface area contributed by atoms with Gasteiger partial charge in [0, 0.05) is 17.6 Å².